The second-order valence-electron chi connectivity index (χ2n) is 5.15. The van der Waals surface area contributed by atoms with Crippen LogP contribution in [0, 0.1) is 0 Å². The molecule has 2 rings (SSSR count). The highest BCUT2D eigenvalue weighted by Crippen LogP contribution is 2.27. The Morgan fingerprint density at radius 2 is 1.81 bits per heavy atom. The predicted molar refractivity (Wildman–Crippen MR) is 95.4 cm³/mol. The van der Waals surface area contributed by atoms with E-state index in [-0.39, 0.29) is 6.54 Å². The Balaban J connectivity index is 1.80. The molecule has 0 spiro atoms. The number of hydrogen-bond donors (Lipinski definition) is 3. The first kappa shape index (κ1) is 19.6. The van der Waals surface area contributed by atoms with Gasteiger partial charge in [0.25, 0.3) is 5.91 Å². The molecule has 0 unspecified atom stereocenters. The third kappa shape index (κ3) is 5.92. The molecule has 0 bridgehead atoms. The molecule has 0 radical (unpaired) electrons. The number of amides is 3. The smallest absolute Gasteiger partial charge is 0.327 e. The molecule has 27 heavy (non-hydrogen) atoms. The summed E-state index contributed by atoms with van der Waals surface area (Å²) >= 11 is 0. The summed E-state index contributed by atoms with van der Waals surface area (Å²) in [6.07, 6.45) is 4.16. The molecule has 0 aliphatic carbocycles. The van der Waals surface area contributed by atoms with Crippen molar-refractivity contribution >= 4 is 23.8 Å². The van der Waals surface area contributed by atoms with E-state index >= 15 is 0 Å². The Morgan fingerprint density at radius 3 is 2.48 bits per heavy atom. The SMILES string of the molecule is COc1ccc(/C=C/C(=O)NNC(=O)C(=O)NCc2ccco2)cc1OC. The summed E-state index contributed by atoms with van der Waals surface area (Å²) in [6.45, 7) is 0.0619. The van der Waals surface area contributed by atoms with Crippen LogP contribution in [0.3, 0.4) is 0 Å². The summed E-state index contributed by atoms with van der Waals surface area (Å²) in [4.78, 5) is 35.0. The molecule has 2 aromatic rings. The molecule has 0 saturated carbocycles. The summed E-state index contributed by atoms with van der Waals surface area (Å²) in [5, 5.41) is 2.35. The molecule has 0 atom stereocenters. The van der Waals surface area contributed by atoms with Crippen LogP contribution in [0.5, 0.6) is 11.5 Å². The maximum atomic E-state index is 11.8. The van der Waals surface area contributed by atoms with Crippen molar-refractivity contribution in [2.45, 2.75) is 6.54 Å². The van der Waals surface area contributed by atoms with Crippen LogP contribution in [0.25, 0.3) is 6.08 Å². The molecular formula is C18H19N3O6. The van der Waals surface area contributed by atoms with Crippen LogP contribution in [0.15, 0.2) is 47.1 Å². The van der Waals surface area contributed by atoms with Crippen molar-refractivity contribution in [3.05, 3.63) is 54.0 Å². The molecule has 0 fully saturated rings. The lowest BCUT2D eigenvalue weighted by Crippen LogP contribution is -2.47. The second kappa shape index (κ2) is 9.66. The van der Waals surface area contributed by atoms with Gasteiger partial charge in [0.15, 0.2) is 11.5 Å². The largest absolute Gasteiger partial charge is 0.493 e. The highest BCUT2D eigenvalue weighted by molar-refractivity contribution is 6.35. The van der Waals surface area contributed by atoms with Crippen LogP contribution in [-0.2, 0) is 20.9 Å². The van der Waals surface area contributed by atoms with E-state index in [2.05, 4.69) is 10.7 Å². The highest BCUT2D eigenvalue weighted by atomic mass is 16.5. The van der Waals surface area contributed by atoms with E-state index in [1.54, 1.807) is 30.3 Å². The van der Waals surface area contributed by atoms with E-state index in [0.717, 1.165) is 0 Å². The van der Waals surface area contributed by atoms with Gasteiger partial charge in [-0.15, -0.1) is 0 Å². The van der Waals surface area contributed by atoms with Gasteiger partial charge in [-0.3, -0.25) is 25.2 Å². The number of ether oxygens (including phenoxy) is 2. The predicted octanol–water partition coefficient (Wildman–Crippen LogP) is 0.774. The van der Waals surface area contributed by atoms with Crippen molar-refractivity contribution in [3.8, 4) is 11.5 Å². The standard InChI is InChI=1S/C18H19N3O6/c1-25-14-7-5-12(10-15(14)26-2)6-8-16(22)20-21-18(24)17(23)19-11-13-4-3-9-27-13/h3-10H,11H2,1-2H3,(H,19,23)(H,20,22)(H,21,24)/b8-6+. The van der Waals surface area contributed by atoms with Gasteiger partial charge >= 0.3 is 11.8 Å². The van der Waals surface area contributed by atoms with Crippen molar-refractivity contribution in [3.63, 3.8) is 0 Å². The van der Waals surface area contributed by atoms with Gasteiger partial charge in [0, 0.05) is 6.08 Å². The Morgan fingerprint density at radius 1 is 1.04 bits per heavy atom. The first-order valence-corrected chi connectivity index (χ1v) is 7.84. The lowest BCUT2D eigenvalue weighted by molar-refractivity contribution is -0.140. The molecule has 142 valence electrons. The van der Waals surface area contributed by atoms with Crippen LogP contribution in [0.2, 0.25) is 0 Å². The fourth-order valence-electron chi connectivity index (χ4n) is 2.01. The third-order valence-electron chi connectivity index (χ3n) is 3.34. The molecule has 3 amide bonds. The van der Waals surface area contributed by atoms with Gasteiger partial charge in [0.1, 0.15) is 5.76 Å². The molecular weight excluding hydrogens is 354 g/mol. The average Bonchev–Trinajstić information content (AvgIpc) is 3.21. The van der Waals surface area contributed by atoms with Crippen molar-refractivity contribution in [2.24, 2.45) is 0 Å². The van der Waals surface area contributed by atoms with Crippen LogP contribution < -0.4 is 25.6 Å². The Hall–Kier alpha value is -3.75. The van der Waals surface area contributed by atoms with Gasteiger partial charge in [-0.1, -0.05) is 6.07 Å². The fraction of sp³-hybridized carbons (Fsp3) is 0.167. The maximum absolute atomic E-state index is 11.8. The summed E-state index contributed by atoms with van der Waals surface area (Å²) in [5.41, 5.74) is 4.81. The minimum Gasteiger partial charge on any atom is -0.493 e. The van der Waals surface area contributed by atoms with Crippen LogP contribution in [0.1, 0.15) is 11.3 Å². The number of nitrogens with one attached hydrogen (secondary N) is 3. The van der Waals surface area contributed by atoms with Gasteiger partial charge in [-0.25, -0.2) is 0 Å². The van der Waals surface area contributed by atoms with Gasteiger partial charge in [-0.05, 0) is 35.9 Å². The zero-order valence-electron chi connectivity index (χ0n) is 14.8. The Kier molecular flexibility index (Phi) is 7.00. The molecule has 9 heteroatoms. The van der Waals surface area contributed by atoms with E-state index in [1.807, 2.05) is 5.43 Å². The second-order valence-corrected chi connectivity index (χ2v) is 5.15. The highest BCUT2D eigenvalue weighted by Gasteiger charge is 2.13. The van der Waals surface area contributed by atoms with E-state index in [9.17, 15) is 14.4 Å². The van der Waals surface area contributed by atoms with Gasteiger partial charge < -0.3 is 19.2 Å². The number of hydrogen-bond acceptors (Lipinski definition) is 6. The number of benzene rings is 1. The summed E-state index contributed by atoms with van der Waals surface area (Å²) in [7, 11) is 3.03. The molecule has 0 aliphatic rings. The van der Waals surface area contributed by atoms with Crippen LogP contribution in [0.4, 0.5) is 0 Å². The number of rotatable bonds is 6. The monoisotopic (exact) mass is 373 g/mol. The Bertz CT molecular complexity index is 830. The average molecular weight is 373 g/mol. The third-order valence-corrected chi connectivity index (χ3v) is 3.34. The summed E-state index contributed by atoms with van der Waals surface area (Å²) < 4.78 is 15.3. The van der Waals surface area contributed by atoms with Crippen LogP contribution >= 0.6 is 0 Å². The zero-order chi connectivity index (χ0) is 19.6. The van der Waals surface area contributed by atoms with Crippen molar-refractivity contribution in [2.75, 3.05) is 14.2 Å². The van der Waals surface area contributed by atoms with E-state index < -0.39 is 17.7 Å². The first-order valence-electron chi connectivity index (χ1n) is 7.84. The van der Waals surface area contributed by atoms with Gasteiger partial charge in [0.05, 0.1) is 27.0 Å². The molecule has 0 aliphatic heterocycles. The summed E-state index contributed by atoms with van der Waals surface area (Å²) in [5.74, 6) is -0.950. The molecule has 1 aromatic carbocycles. The number of carbonyl (C=O) groups excluding carboxylic acids is 3. The normalized spacial score (nSPS) is 10.3. The number of carbonyl (C=O) groups is 3. The van der Waals surface area contributed by atoms with E-state index in [1.165, 1.54) is 32.6 Å². The Labute approximate surface area is 155 Å². The number of methoxy groups -OCH3 is 2. The zero-order valence-corrected chi connectivity index (χ0v) is 14.8. The van der Waals surface area contributed by atoms with E-state index in [4.69, 9.17) is 13.9 Å². The fourth-order valence-corrected chi connectivity index (χ4v) is 2.01. The minimum atomic E-state index is -1.01. The molecule has 1 aromatic heterocycles. The maximum Gasteiger partial charge on any atom is 0.327 e. The van der Waals surface area contributed by atoms with Crippen LogP contribution in [-0.4, -0.2) is 31.9 Å². The van der Waals surface area contributed by atoms with Crippen molar-refractivity contribution in [1.29, 1.82) is 0 Å². The molecule has 0 saturated heterocycles. The van der Waals surface area contributed by atoms with Crippen molar-refractivity contribution in [1.82, 2.24) is 16.2 Å². The van der Waals surface area contributed by atoms with Gasteiger partial charge in [-0.2, -0.15) is 0 Å². The topological polar surface area (TPSA) is 119 Å². The lowest BCUT2D eigenvalue weighted by atomic mass is 10.2. The minimum absolute atomic E-state index is 0.0619. The summed E-state index contributed by atoms with van der Waals surface area (Å²) in [6, 6.07) is 8.42. The lowest BCUT2D eigenvalue weighted by Gasteiger charge is -2.07. The van der Waals surface area contributed by atoms with Crippen molar-refractivity contribution < 1.29 is 28.3 Å². The molecule has 3 N–H and O–H groups in total. The molecule has 1 heterocycles. The number of hydrazine groups is 1. The number of furan rings is 1. The van der Waals surface area contributed by atoms with E-state index in [0.29, 0.717) is 22.8 Å². The molecule has 9 nitrogen and oxygen atoms in total. The van der Waals surface area contributed by atoms with Gasteiger partial charge in [0.2, 0.25) is 0 Å². The first-order chi connectivity index (χ1) is 13.0. The quantitative estimate of drug-likeness (QED) is 0.391.